The number of nitrogens with zero attached hydrogens (tertiary/aromatic N) is 2. The Balaban J connectivity index is 2.64. The van der Waals surface area contributed by atoms with Gasteiger partial charge in [0.15, 0.2) is 0 Å². The van der Waals surface area contributed by atoms with Crippen LogP contribution in [0, 0.1) is 0 Å². The zero-order chi connectivity index (χ0) is 10.4. The molecule has 0 fully saturated rings. The first-order valence-electron chi connectivity index (χ1n) is 4.47. The van der Waals surface area contributed by atoms with Crippen LogP contribution >= 0.6 is 31.9 Å². The average Bonchev–Trinajstić information content (AvgIpc) is 2.55. The molecule has 4 heteroatoms. The van der Waals surface area contributed by atoms with Gasteiger partial charge in [-0.05, 0) is 50.1 Å². The lowest BCUT2D eigenvalue weighted by atomic mass is 10.3. The molecule has 3 aromatic rings. The first-order valence-corrected chi connectivity index (χ1v) is 6.06. The molecule has 0 saturated carbocycles. The summed E-state index contributed by atoms with van der Waals surface area (Å²) in [5.74, 6) is 0. The maximum absolute atomic E-state index is 4.41. The third kappa shape index (κ3) is 1.32. The summed E-state index contributed by atoms with van der Waals surface area (Å²) in [6.07, 6.45) is 1.87. The minimum absolute atomic E-state index is 0.994. The van der Waals surface area contributed by atoms with E-state index >= 15 is 0 Å². The van der Waals surface area contributed by atoms with E-state index in [1.807, 2.05) is 30.5 Å². The Morgan fingerprint density at radius 3 is 2.73 bits per heavy atom. The highest BCUT2D eigenvalue weighted by Crippen LogP contribution is 2.28. The van der Waals surface area contributed by atoms with Crippen molar-refractivity contribution in [3.8, 4) is 0 Å². The molecule has 2 nitrogen and oxygen atoms in total. The minimum atomic E-state index is 0.994. The van der Waals surface area contributed by atoms with Gasteiger partial charge in [-0.1, -0.05) is 12.1 Å². The molecular formula is C11H6Br2N2. The number of fused-ring (bicyclic) bond motifs is 3. The number of rotatable bonds is 0. The SMILES string of the molecule is Brc1cc(Br)n2c1cnc1ccccc12. The summed E-state index contributed by atoms with van der Waals surface area (Å²) in [5.41, 5.74) is 3.17. The van der Waals surface area contributed by atoms with Gasteiger partial charge in [0.05, 0.1) is 27.4 Å². The number of halogens is 2. The monoisotopic (exact) mass is 324 g/mol. The van der Waals surface area contributed by atoms with Crippen molar-refractivity contribution in [2.24, 2.45) is 0 Å². The lowest BCUT2D eigenvalue weighted by Crippen LogP contribution is -1.89. The van der Waals surface area contributed by atoms with Gasteiger partial charge in [0.2, 0.25) is 0 Å². The number of hydrogen-bond acceptors (Lipinski definition) is 1. The fraction of sp³-hybridized carbons (Fsp3) is 0. The number of benzene rings is 1. The fourth-order valence-corrected chi connectivity index (χ4v) is 3.14. The zero-order valence-corrected chi connectivity index (χ0v) is 10.8. The summed E-state index contributed by atoms with van der Waals surface area (Å²) in [6.45, 7) is 0. The van der Waals surface area contributed by atoms with Crippen LogP contribution in [0.25, 0.3) is 16.6 Å². The molecular weight excluding hydrogens is 320 g/mol. The lowest BCUT2D eigenvalue weighted by Gasteiger charge is -2.02. The van der Waals surface area contributed by atoms with Crippen molar-refractivity contribution in [1.82, 2.24) is 9.38 Å². The van der Waals surface area contributed by atoms with E-state index in [0.717, 1.165) is 25.6 Å². The van der Waals surface area contributed by atoms with Gasteiger partial charge in [-0.2, -0.15) is 0 Å². The van der Waals surface area contributed by atoms with Gasteiger partial charge in [0.25, 0.3) is 0 Å². The van der Waals surface area contributed by atoms with E-state index in [1.54, 1.807) is 0 Å². The van der Waals surface area contributed by atoms with Gasteiger partial charge in [0, 0.05) is 4.47 Å². The summed E-state index contributed by atoms with van der Waals surface area (Å²) < 4.78 is 4.21. The quantitative estimate of drug-likeness (QED) is 0.610. The molecule has 0 aliphatic rings. The summed E-state index contributed by atoms with van der Waals surface area (Å²) in [4.78, 5) is 4.41. The molecule has 15 heavy (non-hydrogen) atoms. The second-order valence-electron chi connectivity index (χ2n) is 3.28. The molecule has 1 aromatic carbocycles. The third-order valence-electron chi connectivity index (χ3n) is 2.39. The number of aromatic nitrogens is 2. The van der Waals surface area contributed by atoms with E-state index in [9.17, 15) is 0 Å². The van der Waals surface area contributed by atoms with E-state index in [2.05, 4.69) is 47.3 Å². The maximum Gasteiger partial charge on any atom is 0.0910 e. The van der Waals surface area contributed by atoms with Crippen molar-refractivity contribution in [1.29, 1.82) is 0 Å². The van der Waals surface area contributed by atoms with Gasteiger partial charge in [0.1, 0.15) is 0 Å². The van der Waals surface area contributed by atoms with Crippen molar-refractivity contribution in [2.45, 2.75) is 0 Å². The Morgan fingerprint density at radius 1 is 1.07 bits per heavy atom. The van der Waals surface area contributed by atoms with Crippen molar-refractivity contribution >= 4 is 48.4 Å². The van der Waals surface area contributed by atoms with E-state index in [4.69, 9.17) is 0 Å². The van der Waals surface area contributed by atoms with Crippen molar-refractivity contribution in [3.05, 3.63) is 45.6 Å². The molecule has 0 saturated heterocycles. The van der Waals surface area contributed by atoms with Crippen LogP contribution in [0.2, 0.25) is 0 Å². The Morgan fingerprint density at radius 2 is 1.87 bits per heavy atom. The predicted octanol–water partition coefficient (Wildman–Crippen LogP) is 4.01. The van der Waals surface area contributed by atoms with Crippen LogP contribution < -0.4 is 0 Å². The normalized spacial score (nSPS) is 11.3. The van der Waals surface area contributed by atoms with E-state index < -0.39 is 0 Å². The van der Waals surface area contributed by atoms with Gasteiger partial charge < -0.3 is 0 Å². The Labute approximate surface area is 103 Å². The van der Waals surface area contributed by atoms with E-state index in [0.29, 0.717) is 0 Å². The Kier molecular flexibility index (Phi) is 2.07. The van der Waals surface area contributed by atoms with Crippen LogP contribution in [0.5, 0.6) is 0 Å². The summed E-state index contributed by atoms with van der Waals surface area (Å²) in [7, 11) is 0. The molecule has 3 rings (SSSR count). The molecule has 0 spiro atoms. The summed E-state index contributed by atoms with van der Waals surface area (Å²) >= 11 is 7.06. The maximum atomic E-state index is 4.41. The summed E-state index contributed by atoms with van der Waals surface area (Å²) in [6, 6.07) is 10.1. The average molecular weight is 326 g/mol. The van der Waals surface area contributed by atoms with Crippen molar-refractivity contribution in [2.75, 3.05) is 0 Å². The molecule has 0 atom stereocenters. The molecule has 0 unspecified atom stereocenters. The Bertz CT molecular complexity index is 658. The second-order valence-corrected chi connectivity index (χ2v) is 4.95. The first-order chi connectivity index (χ1) is 7.27. The largest absolute Gasteiger partial charge is 0.299 e. The molecule has 0 bridgehead atoms. The predicted molar refractivity (Wildman–Crippen MR) is 68.1 cm³/mol. The smallest absolute Gasteiger partial charge is 0.0910 e. The molecule has 2 aromatic heterocycles. The third-order valence-corrected chi connectivity index (χ3v) is 3.61. The standard InChI is InChI=1S/C11H6Br2N2/c12-7-5-11(13)15-9-4-2-1-3-8(9)14-6-10(7)15/h1-6H. The number of para-hydroxylation sites is 2. The minimum Gasteiger partial charge on any atom is -0.299 e. The van der Waals surface area contributed by atoms with E-state index in [-0.39, 0.29) is 0 Å². The van der Waals surface area contributed by atoms with Crippen LogP contribution in [0.3, 0.4) is 0 Å². The topological polar surface area (TPSA) is 17.3 Å². The zero-order valence-electron chi connectivity index (χ0n) is 7.61. The highest BCUT2D eigenvalue weighted by atomic mass is 79.9. The van der Waals surface area contributed by atoms with Crippen molar-refractivity contribution in [3.63, 3.8) is 0 Å². The van der Waals surface area contributed by atoms with Gasteiger partial charge in [-0.25, -0.2) is 0 Å². The fourth-order valence-electron chi connectivity index (χ4n) is 1.72. The lowest BCUT2D eigenvalue weighted by molar-refractivity contribution is 1.19. The van der Waals surface area contributed by atoms with Crippen LogP contribution in [0.1, 0.15) is 0 Å². The molecule has 0 radical (unpaired) electrons. The van der Waals surface area contributed by atoms with Crippen LogP contribution in [-0.2, 0) is 0 Å². The van der Waals surface area contributed by atoms with Crippen LogP contribution in [0.15, 0.2) is 45.6 Å². The van der Waals surface area contributed by atoms with Crippen LogP contribution in [0.4, 0.5) is 0 Å². The molecule has 0 aliphatic carbocycles. The van der Waals surface area contributed by atoms with Gasteiger partial charge in [-0.3, -0.25) is 9.38 Å². The molecule has 2 heterocycles. The van der Waals surface area contributed by atoms with Gasteiger partial charge in [-0.15, -0.1) is 0 Å². The Hall–Kier alpha value is -0.870. The first kappa shape index (κ1) is 9.36. The number of hydrogen-bond donors (Lipinski definition) is 0. The van der Waals surface area contributed by atoms with Gasteiger partial charge >= 0.3 is 0 Å². The van der Waals surface area contributed by atoms with E-state index in [1.165, 1.54) is 0 Å². The second kappa shape index (κ2) is 3.32. The molecule has 74 valence electrons. The molecule has 0 N–H and O–H groups in total. The molecule has 0 amide bonds. The van der Waals surface area contributed by atoms with Crippen LogP contribution in [-0.4, -0.2) is 9.38 Å². The van der Waals surface area contributed by atoms with Crippen molar-refractivity contribution < 1.29 is 0 Å². The summed E-state index contributed by atoms with van der Waals surface area (Å²) in [5, 5.41) is 0. The highest BCUT2D eigenvalue weighted by molar-refractivity contribution is 9.11. The molecule has 0 aliphatic heterocycles. The highest BCUT2D eigenvalue weighted by Gasteiger charge is 2.07.